The van der Waals surface area contributed by atoms with E-state index in [4.69, 9.17) is 9.47 Å². The Morgan fingerprint density at radius 3 is 2.69 bits per heavy atom. The number of aromatic nitrogens is 2. The van der Waals surface area contributed by atoms with Crippen LogP contribution < -0.4 is 9.47 Å². The van der Waals surface area contributed by atoms with Gasteiger partial charge < -0.3 is 14.4 Å². The average molecular weight is 356 g/mol. The summed E-state index contributed by atoms with van der Waals surface area (Å²) in [6.45, 7) is 1.76. The van der Waals surface area contributed by atoms with E-state index in [1.807, 2.05) is 48.2 Å². The molecule has 0 radical (unpaired) electrons. The number of carbonyl (C=O) groups excluding carboxylic acids is 1. The number of nitrogens with zero attached hydrogens (tertiary/aromatic N) is 3. The maximum absolute atomic E-state index is 13.2. The number of likely N-dealkylation sites (tertiary alicyclic amines) is 1. The minimum absolute atomic E-state index is 0.136. The van der Waals surface area contributed by atoms with E-state index in [2.05, 4.69) is 10.2 Å². The SMILES string of the molecule is CN(C)[C@H](C(=O)N1CCC(c2ccn[nH]2)CC1)c1ccc2c(c1)OCO2. The molecule has 3 heterocycles. The van der Waals surface area contributed by atoms with Crippen molar-refractivity contribution in [1.82, 2.24) is 20.0 Å². The van der Waals surface area contributed by atoms with Gasteiger partial charge in [0.25, 0.3) is 0 Å². The zero-order valence-corrected chi connectivity index (χ0v) is 15.1. The van der Waals surface area contributed by atoms with Crippen LogP contribution in [0.4, 0.5) is 0 Å². The van der Waals surface area contributed by atoms with Gasteiger partial charge in [-0.2, -0.15) is 5.10 Å². The lowest BCUT2D eigenvalue weighted by Gasteiger charge is -2.35. The molecular formula is C19H24N4O3. The third kappa shape index (κ3) is 3.14. The topological polar surface area (TPSA) is 70.7 Å². The van der Waals surface area contributed by atoms with Crippen LogP contribution in [0.2, 0.25) is 0 Å². The van der Waals surface area contributed by atoms with Crippen molar-refractivity contribution in [1.29, 1.82) is 0 Å². The van der Waals surface area contributed by atoms with Gasteiger partial charge in [0.1, 0.15) is 6.04 Å². The number of fused-ring (bicyclic) bond motifs is 1. The minimum atomic E-state index is -0.326. The Labute approximate surface area is 152 Å². The second-order valence-electron chi connectivity index (χ2n) is 7.09. The van der Waals surface area contributed by atoms with Crippen LogP contribution in [0.15, 0.2) is 30.5 Å². The van der Waals surface area contributed by atoms with E-state index in [0.29, 0.717) is 11.7 Å². The Morgan fingerprint density at radius 1 is 1.23 bits per heavy atom. The highest BCUT2D eigenvalue weighted by Gasteiger charge is 2.32. The zero-order chi connectivity index (χ0) is 18.1. The van der Waals surface area contributed by atoms with Gasteiger partial charge in [-0.1, -0.05) is 6.07 Å². The number of amides is 1. The van der Waals surface area contributed by atoms with Crippen LogP contribution in [0.5, 0.6) is 11.5 Å². The average Bonchev–Trinajstić information content (AvgIpc) is 3.33. The maximum atomic E-state index is 13.2. The number of rotatable bonds is 4. The molecule has 26 heavy (non-hydrogen) atoms. The summed E-state index contributed by atoms with van der Waals surface area (Å²) in [5.41, 5.74) is 2.09. The number of carbonyl (C=O) groups is 1. The van der Waals surface area contributed by atoms with Crippen LogP contribution in [-0.2, 0) is 4.79 Å². The molecule has 0 unspecified atom stereocenters. The second kappa shape index (κ2) is 6.99. The van der Waals surface area contributed by atoms with Crippen LogP contribution >= 0.6 is 0 Å². The second-order valence-corrected chi connectivity index (χ2v) is 7.09. The Balaban J connectivity index is 1.48. The van der Waals surface area contributed by atoms with Crippen molar-refractivity contribution in [3.8, 4) is 11.5 Å². The van der Waals surface area contributed by atoms with Crippen LogP contribution in [0.3, 0.4) is 0 Å². The van der Waals surface area contributed by atoms with Crippen molar-refractivity contribution < 1.29 is 14.3 Å². The fraction of sp³-hybridized carbons (Fsp3) is 0.474. The normalized spacial score (nSPS) is 18.3. The smallest absolute Gasteiger partial charge is 0.244 e. The van der Waals surface area contributed by atoms with Gasteiger partial charge in [0.2, 0.25) is 12.7 Å². The molecule has 4 rings (SSSR count). The molecule has 1 fully saturated rings. The van der Waals surface area contributed by atoms with E-state index in [1.165, 1.54) is 0 Å². The first-order valence-corrected chi connectivity index (χ1v) is 8.97. The summed E-state index contributed by atoms with van der Waals surface area (Å²) in [6.07, 6.45) is 3.69. The van der Waals surface area contributed by atoms with Gasteiger partial charge in [0.15, 0.2) is 11.5 Å². The highest BCUT2D eigenvalue weighted by molar-refractivity contribution is 5.83. The van der Waals surface area contributed by atoms with E-state index in [-0.39, 0.29) is 18.7 Å². The lowest BCUT2D eigenvalue weighted by atomic mass is 9.93. The molecule has 0 aliphatic carbocycles. The number of aromatic amines is 1. The molecule has 2 aliphatic heterocycles. The van der Waals surface area contributed by atoms with Crippen LogP contribution in [0.25, 0.3) is 0 Å². The summed E-state index contributed by atoms with van der Waals surface area (Å²) >= 11 is 0. The monoisotopic (exact) mass is 356 g/mol. The summed E-state index contributed by atoms with van der Waals surface area (Å²) in [5, 5.41) is 7.09. The standard InChI is InChI=1S/C19H24N4O3/c1-22(2)18(14-3-4-16-17(11-14)26-12-25-16)19(24)23-9-6-13(7-10-23)15-5-8-20-21-15/h3-5,8,11,13,18H,6-7,9-10,12H2,1-2H3,(H,20,21)/t18-/m0/s1. The molecule has 1 N–H and O–H groups in total. The van der Waals surface area contributed by atoms with E-state index in [9.17, 15) is 4.79 Å². The molecule has 1 atom stereocenters. The fourth-order valence-corrected chi connectivity index (χ4v) is 3.82. The minimum Gasteiger partial charge on any atom is -0.454 e. The number of nitrogens with one attached hydrogen (secondary N) is 1. The van der Waals surface area contributed by atoms with Gasteiger partial charge in [0.05, 0.1) is 0 Å². The number of likely N-dealkylation sites (N-methyl/N-ethyl adjacent to an activating group) is 1. The highest BCUT2D eigenvalue weighted by Crippen LogP contribution is 2.36. The molecule has 1 amide bonds. The van der Waals surface area contributed by atoms with Crippen LogP contribution in [0, 0.1) is 0 Å². The van der Waals surface area contributed by atoms with Gasteiger partial charge in [-0.15, -0.1) is 0 Å². The fourth-order valence-electron chi connectivity index (χ4n) is 3.82. The van der Waals surface area contributed by atoms with Gasteiger partial charge >= 0.3 is 0 Å². The Morgan fingerprint density at radius 2 is 2.00 bits per heavy atom. The van der Waals surface area contributed by atoms with Gasteiger partial charge in [-0.25, -0.2) is 0 Å². The zero-order valence-electron chi connectivity index (χ0n) is 15.1. The van der Waals surface area contributed by atoms with Crippen molar-refractivity contribution in [3.05, 3.63) is 41.7 Å². The van der Waals surface area contributed by atoms with Crippen LogP contribution in [0.1, 0.15) is 36.1 Å². The van der Waals surface area contributed by atoms with Gasteiger partial charge in [-0.05, 0) is 50.7 Å². The van der Waals surface area contributed by atoms with E-state index < -0.39 is 0 Å². The molecule has 1 aromatic carbocycles. The van der Waals surface area contributed by atoms with Crippen molar-refractivity contribution in [2.75, 3.05) is 34.0 Å². The first-order valence-electron chi connectivity index (χ1n) is 8.97. The highest BCUT2D eigenvalue weighted by atomic mass is 16.7. The van der Waals surface area contributed by atoms with Gasteiger partial charge in [0, 0.05) is 30.9 Å². The number of hydrogen-bond acceptors (Lipinski definition) is 5. The van der Waals surface area contributed by atoms with Crippen molar-refractivity contribution in [2.45, 2.75) is 24.8 Å². The number of H-pyrrole nitrogens is 1. The number of ether oxygens (including phenoxy) is 2. The molecule has 0 spiro atoms. The third-order valence-electron chi connectivity index (χ3n) is 5.23. The summed E-state index contributed by atoms with van der Waals surface area (Å²) < 4.78 is 10.9. The summed E-state index contributed by atoms with van der Waals surface area (Å²) in [7, 11) is 3.87. The summed E-state index contributed by atoms with van der Waals surface area (Å²) in [6, 6.07) is 7.45. The van der Waals surface area contributed by atoms with E-state index in [1.54, 1.807) is 6.20 Å². The lowest BCUT2D eigenvalue weighted by Crippen LogP contribution is -2.44. The molecule has 1 aromatic heterocycles. The number of hydrogen-bond donors (Lipinski definition) is 1. The van der Waals surface area contributed by atoms with E-state index in [0.717, 1.165) is 42.9 Å². The predicted octanol–water partition coefficient (Wildman–Crippen LogP) is 2.15. The molecule has 7 nitrogen and oxygen atoms in total. The van der Waals surface area contributed by atoms with Crippen molar-refractivity contribution in [2.24, 2.45) is 0 Å². The molecule has 0 saturated carbocycles. The van der Waals surface area contributed by atoms with Gasteiger partial charge in [-0.3, -0.25) is 14.8 Å². The Bertz CT molecular complexity index is 767. The Kier molecular flexibility index (Phi) is 4.55. The molecular weight excluding hydrogens is 332 g/mol. The summed E-state index contributed by atoms with van der Waals surface area (Å²) in [5.74, 6) is 2.03. The van der Waals surface area contributed by atoms with E-state index >= 15 is 0 Å². The first kappa shape index (κ1) is 16.9. The molecule has 0 bridgehead atoms. The molecule has 138 valence electrons. The van der Waals surface area contributed by atoms with Crippen LogP contribution in [-0.4, -0.2) is 59.9 Å². The first-order chi connectivity index (χ1) is 12.6. The molecule has 2 aromatic rings. The number of piperidine rings is 1. The predicted molar refractivity (Wildman–Crippen MR) is 96.1 cm³/mol. The van der Waals surface area contributed by atoms with Crippen molar-refractivity contribution >= 4 is 5.91 Å². The number of benzene rings is 1. The van der Waals surface area contributed by atoms with Crippen molar-refractivity contribution in [3.63, 3.8) is 0 Å². The molecule has 7 heteroatoms. The largest absolute Gasteiger partial charge is 0.454 e. The maximum Gasteiger partial charge on any atom is 0.244 e. The molecule has 1 saturated heterocycles. The molecule has 2 aliphatic rings. The lowest BCUT2D eigenvalue weighted by molar-refractivity contribution is -0.137. The third-order valence-corrected chi connectivity index (χ3v) is 5.23. The Hall–Kier alpha value is -2.54. The summed E-state index contributed by atoms with van der Waals surface area (Å²) in [4.78, 5) is 17.2. The quantitative estimate of drug-likeness (QED) is 0.909.